The number of carboxylic acid groups (broad SMARTS) is 1. The second-order valence-electron chi connectivity index (χ2n) is 5.09. The average molecular weight is 347 g/mol. The van der Waals surface area contributed by atoms with Crippen molar-refractivity contribution in [3.63, 3.8) is 0 Å². The van der Waals surface area contributed by atoms with Crippen molar-refractivity contribution in [2.45, 2.75) is 20.0 Å². The predicted molar refractivity (Wildman–Crippen MR) is 93.1 cm³/mol. The van der Waals surface area contributed by atoms with E-state index >= 15 is 0 Å². The molecule has 2 aromatic heterocycles. The molecular weight excluding hydrogens is 330 g/mol. The summed E-state index contributed by atoms with van der Waals surface area (Å²) in [6.45, 7) is 3.79. The summed E-state index contributed by atoms with van der Waals surface area (Å²) in [6, 6.07) is 6.36. The Morgan fingerprint density at radius 2 is 1.96 bits per heavy atom. The summed E-state index contributed by atoms with van der Waals surface area (Å²) in [5.41, 5.74) is 0.751. The number of nitrogens with one attached hydrogen (secondary N) is 1. The Morgan fingerprint density at radius 3 is 2.50 bits per heavy atom. The number of pyridine rings is 2. The molecule has 0 fully saturated rings. The van der Waals surface area contributed by atoms with Crippen molar-refractivity contribution in [1.29, 1.82) is 0 Å². The fourth-order valence-electron chi connectivity index (χ4n) is 1.80. The zero-order chi connectivity index (χ0) is 17.7. The second-order valence-corrected chi connectivity index (χ2v) is 5.50. The van der Waals surface area contributed by atoms with Crippen LogP contribution < -0.4 is 14.8 Å². The van der Waals surface area contributed by atoms with Crippen LogP contribution in [-0.2, 0) is 0 Å². The van der Waals surface area contributed by atoms with Crippen LogP contribution in [0.15, 0.2) is 30.5 Å². The Kier molecular flexibility index (Phi) is 5.64. The van der Waals surface area contributed by atoms with Gasteiger partial charge in [-0.1, -0.05) is 12.2 Å². The molecular formula is C16H17N3O4S. The van der Waals surface area contributed by atoms with Gasteiger partial charge in [0.15, 0.2) is 0 Å². The van der Waals surface area contributed by atoms with Gasteiger partial charge in [-0.25, -0.2) is 9.78 Å². The first kappa shape index (κ1) is 17.6. The molecule has 0 saturated carbocycles. The Morgan fingerprint density at radius 1 is 1.25 bits per heavy atom. The number of anilines is 1. The fraction of sp³-hybridized carbons (Fsp3) is 0.250. The van der Waals surface area contributed by atoms with E-state index in [9.17, 15) is 4.79 Å². The lowest BCUT2D eigenvalue weighted by Crippen LogP contribution is -2.14. The zero-order valence-corrected chi connectivity index (χ0v) is 14.3. The highest BCUT2D eigenvalue weighted by Gasteiger charge is 2.11. The number of carbonyl (C=O) groups is 1. The highest BCUT2D eigenvalue weighted by Crippen LogP contribution is 2.20. The lowest BCUT2D eigenvalue weighted by molar-refractivity contribution is 0.0696. The number of thiocarbonyl (C=S) groups is 1. The molecule has 0 amide bonds. The third kappa shape index (κ3) is 4.63. The standard InChI is InChI=1S/C16H17N3O4S/c1-9(2)23-14-7-11(6-13(19-14)22-3)15(24)18-12-5-4-10(8-17-12)16(20)21/h4-9H,1-3H3,(H,20,21)(H,17,18,24). The molecule has 0 aliphatic rings. The number of hydrogen-bond acceptors (Lipinski definition) is 6. The molecule has 0 aliphatic carbocycles. The molecule has 7 nitrogen and oxygen atoms in total. The Labute approximate surface area is 144 Å². The fourth-order valence-corrected chi connectivity index (χ4v) is 2.02. The highest BCUT2D eigenvalue weighted by atomic mass is 32.1. The van der Waals surface area contributed by atoms with Crippen LogP contribution in [0.5, 0.6) is 11.8 Å². The SMILES string of the molecule is COc1cc(C(=S)Nc2ccc(C(=O)O)cn2)cc(OC(C)C)n1. The monoisotopic (exact) mass is 347 g/mol. The van der Waals surface area contributed by atoms with Crippen LogP contribution in [0.25, 0.3) is 0 Å². The smallest absolute Gasteiger partial charge is 0.337 e. The van der Waals surface area contributed by atoms with Crippen LogP contribution in [0.4, 0.5) is 5.82 Å². The van der Waals surface area contributed by atoms with E-state index in [2.05, 4.69) is 15.3 Å². The maximum Gasteiger partial charge on any atom is 0.337 e. The van der Waals surface area contributed by atoms with E-state index in [1.54, 1.807) is 18.2 Å². The van der Waals surface area contributed by atoms with Crippen LogP contribution in [0.3, 0.4) is 0 Å². The van der Waals surface area contributed by atoms with Gasteiger partial charge in [-0.15, -0.1) is 0 Å². The van der Waals surface area contributed by atoms with Crippen molar-refractivity contribution < 1.29 is 19.4 Å². The third-order valence-electron chi connectivity index (χ3n) is 2.86. The maximum atomic E-state index is 10.8. The van der Waals surface area contributed by atoms with Crippen molar-refractivity contribution in [3.05, 3.63) is 41.6 Å². The first-order valence-electron chi connectivity index (χ1n) is 7.12. The van der Waals surface area contributed by atoms with Crippen LogP contribution in [-0.4, -0.2) is 39.2 Å². The van der Waals surface area contributed by atoms with E-state index in [1.165, 1.54) is 19.4 Å². The minimum absolute atomic E-state index is 0.0378. The van der Waals surface area contributed by atoms with Crippen molar-refractivity contribution in [1.82, 2.24) is 9.97 Å². The van der Waals surface area contributed by atoms with Gasteiger partial charge in [0.05, 0.1) is 18.8 Å². The summed E-state index contributed by atoms with van der Waals surface area (Å²) in [5.74, 6) is 0.178. The van der Waals surface area contributed by atoms with Gasteiger partial charge < -0.3 is 19.9 Å². The molecule has 0 unspecified atom stereocenters. The maximum absolute atomic E-state index is 10.8. The number of carboxylic acids is 1. The van der Waals surface area contributed by atoms with Crippen molar-refractivity contribution >= 4 is 29.0 Å². The highest BCUT2D eigenvalue weighted by molar-refractivity contribution is 7.81. The number of aromatic carboxylic acids is 1. The number of ether oxygens (including phenoxy) is 2. The summed E-state index contributed by atoms with van der Waals surface area (Å²) in [7, 11) is 1.51. The van der Waals surface area contributed by atoms with Gasteiger partial charge in [0.2, 0.25) is 11.8 Å². The summed E-state index contributed by atoms with van der Waals surface area (Å²) >= 11 is 5.36. The van der Waals surface area contributed by atoms with E-state index in [-0.39, 0.29) is 11.7 Å². The normalized spacial score (nSPS) is 10.3. The molecule has 2 aromatic rings. The molecule has 0 saturated heterocycles. The molecule has 2 N–H and O–H groups in total. The van der Waals surface area contributed by atoms with E-state index in [0.29, 0.717) is 28.1 Å². The summed E-state index contributed by atoms with van der Waals surface area (Å²) in [6.07, 6.45) is 1.22. The molecule has 0 radical (unpaired) electrons. The molecule has 0 bridgehead atoms. The predicted octanol–water partition coefficient (Wildman–Crippen LogP) is 2.76. The largest absolute Gasteiger partial charge is 0.481 e. The first-order chi connectivity index (χ1) is 11.4. The van der Waals surface area contributed by atoms with Gasteiger partial charge in [-0.05, 0) is 26.0 Å². The summed E-state index contributed by atoms with van der Waals surface area (Å²) < 4.78 is 10.7. The molecule has 2 heterocycles. The quantitative estimate of drug-likeness (QED) is 0.771. The molecule has 0 aromatic carbocycles. The molecule has 0 aliphatic heterocycles. The molecule has 0 atom stereocenters. The number of nitrogens with zero attached hydrogens (tertiary/aromatic N) is 2. The number of rotatable bonds is 6. The van der Waals surface area contributed by atoms with Gasteiger partial charge in [0.25, 0.3) is 0 Å². The van der Waals surface area contributed by atoms with E-state index in [0.717, 1.165) is 0 Å². The summed E-state index contributed by atoms with van der Waals surface area (Å²) in [4.78, 5) is 19.4. The van der Waals surface area contributed by atoms with Crippen molar-refractivity contribution in [3.8, 4) is 11.8 Å². The Balaban J connectivity index is 2.20. The number of aromatic nitrogens is 2. The molecule has 8 heteroatoms. The van der Waals surface area contributed by atoms with Gasteiger partial charge in [0.1, 0.15) is 10.8 Å². The zero-order valence-electron chi connectivity index (χ0n) is 13.4. The first-order valence-corrected chi connectivity index (χ1v) is 7.53. The second kappa shape index (κ2) is 7.69. The van der Waals surface area contributed by atoms with E-state index < -0.39 is 5.97 Å². The van der Waals surface area contributed by atoms with E-state index in [4.69, 9.17) is 26.8 Å². The minimum atomic E-state index is -1.04. The molecule has 126 valence electrons. The van der Waals surface area contributed by atoms with E-state index in [1.807, 2.05) is 13.8 Å². The topological polar surface area (TPSA) is 93.6 Å². The van der Waals surface area contributed by atoms with Crippen LogP contribution in [0.1, 0.15) is 29.8 Å². The van der Waals surface area contributed by atoms with Crippen molar-refractivity contribution in [2.24, 2.45) is 0 Å². The molecule has 0 spiro atoms. The molecule has 24 heavy (non-hydrogen) atoms. The van der Waals surface area contributed by atoms with Gasteiger partial charge in [-0.3, -0.25) is 0 Å². The lowest BCUT2D eigenvalue weighted by atomic mass is 10.2. The van der Waals surface area contributed by atoms with Crippen molar-refractivity contribution in [2.75, 3.05) is 12.4 Å². The third-order valence-corrected chi connectivity index (χ3v) is 3.20. The van der Waals surface area contributed by atoms with Crippen LogP contribution in [0.2, 0.25) is 0 Å². The average Bonchev–Trinajstić information content (AvgIpc) is 2.54. The van der Waals surface area contributed by atoms with Crippen LogP contribution in [0, 0.1) is 0 Å². The summed E-state index contributed by atoms with van der Waals surface area (Å²) in [5, 5.41) is 11.8. The van der Waals surface area contributed by atoms with Crippen LogP contribution >= 0.6 is 12.2 Å². The van der Waals surface area contributed by atoms with Gasteiger partial charge in [-0.2, -0.15) is 4.98 Å². The number of hydrogen-bond donors (Lipinski definition) is 2. The Bertz CT molecular complexity index is 747. The van der Waals surface area contributed by atoms with Gasteiger partial charge in [0, 0.05) is 23.9 Å². The van der Waals surface area contributed by atoms with Gasteiger partial charge >= 0.3 is 5.97 Å². The Hall–Kier alpha value is -2.74. The lowest BCUT2D eigenvalue weighted by Gasteiger charge is -2.13. The minimum Gasteiger partial charge on any atom is -0.481 e. The molecule has 2 rings (SSSR count). The number of methoxy groups -OCH3 is 1.